The van der Waals surface area contributed by atoms with Crippen LogP contribution in [-0.4, -0.2) is 48.3 Å². The summed E-state index contributed by atoms with van der Waals surface area (Å²) >= 11 is 5.22. The number of thiocarbonyl (C=S) groups is 1. The third kappa shape index (κ3) is 3.16. The van der Waals surface area contributed by atoms with Crippen LogP contribution in [0.2, 0.25) is 0 Å². The van der Waals surface area contributed by atoms with E-state index in [4.69, 9.17) is 16.6 Å². The first-order chi connectivity index (χ1) is 11.9. The van der Waals surface area contributed by atoms with Gasteiger partial charge >= 0.3 is 0 Å². The van der Waals surface area contributed by atoms with Crippen molar-refractivity contribution < 1.29 is 17.2 Å². The van der Waals surface area contributed by atoms with Gasteiger partial charge < -0.3 is 9.73 Å². The van der Waals surface area contributed by atoms with Crippen LogP contribution in [-0.2, 0) is 9.84 Å². The van der Waals surface area contributed by atoms with Crippen molar-refractivity contribution in [3.8, 4) is 11.3 Å². The molecular formula is C16H14FN3O3S2. The fourth-order valence-corrected chi connectivity index (χ4v) is 5.25. The molecule has 0 radical (unpaired) electrons. The van der Waals surface area contributed by atoms with Gasteiger partial charge in [0.2, 0.25) is 0 Å². The number of nitrogens with zero attached hydrogens (tertiary/aromatic N) is 2. The molecule has 2 aliphatic rings. The molecule has 1 aromatic heterocycles. The summed E-state index contributed by atoms with van der Waals surface area (Å²) in [6, 6.07) is 8.96. The number of furan rings is 1. The van der Waals surface area contributed by atoms with Crippen LogP contribution >= 0.6 is 12.2 Å². The Bertz CT molecular complexity index is 953. The maximum Gasteiger partial charge on any atom is 0.190 e. The molecule has 2 fully saturated rings. The molecule has 0 unspecified atom stereocenters. The molecular weight excluding hydrogens is 365 g/mol. The first kappa shape index (κ1) is 16.2. The molecule has 2 aromatic rings. The Morgan fingerprint density at radius 3 is 2.76 bits per heavy atom. The van der Waals surface area contributed by atoms with E-state index in [1.807, 2.05) is 0 Å². The van der Waals surface area contributed by atoms with Crippen molar-refractivity contribution in [2.75, 3.05) is 11.5 Å². The predicted molar refractivity (Wildman–Crippen MR) is 95.5 cm³/mol. The second-order valence-corrected chi connectivity index (χ2v) is 8.54. The van der Waals surface area contributed by atoms with E-state index >= 15 is 0 Å². The van der Waals surface area contributed by atoms with Gasteiger partial charge in [-0.2, -0.15) is 5.10 Å². The highest BCUT2D eigenvalue weighted by Gasteiger charge is 2.47. The first-order valence-corrected chi connectivity index (χ1v) is 9.84. The number of sulfone groups is 1. The zero-order valence-electron chi connectivity index (χ0n) is 12.9. The molecule has 4 rings (SSSR count). The molecule has 2 aliphatic heterocycles. The highest BCUT2D eigenvalue weighted by Crippen LogP contribution is 2.25. The van der Waals surface area contributed by atoms with Crippen molar-refractivity contribution in [1.29, 1.82) is 0 Å². The van der Waals surface area contributed by atoms with Gasteiger partial charge in [0.1, 0.15) is 17.3 Å². The van der Waals surface area contributed by atoms with Crippen molar-refractivity contribution in [2.45, 2.75) is 12.1 Å². The van der Waals surface area contributed by atoms with E-state index < -0.39 is 9.84 Å². The minimum atomic E-state index is -3.07. The summed E-state index contributed by atoms with van der Waals surface area (Å²) in [4.78, 5) is 0. The van der Waals surface area contributed by atoms with Gasteiger partial charge in [0, 0.05) is 5.56 Å². The summed E-state index contributed by atoms with van der Waals surface area (Å²) in [6.07, 6.45) is 1.49. The SMILES string of the molecule is O=S1(=O)C[C@@H]2[C@@H](C1)NC(=S)N2/N=C\c1ccc(-c2ccc(F)cc2)o1. The van der Waals surface area contributed by atoms with E-state index in [9.17, 15) is 12.8 Å². The fraction of sp³-hybridized carbons (Fsp3) is 0.250. The molecule has 0 saturated carbocycles. The fourth-order valence-electron chi connectivity index (χ4n) is 3.03. The average Bonchev–Trinajstić information content (AvgIpc) is 3.19. The molecule has 2 atom stereocenters. The molecule has 1 aromatic carbocycles. The van der Waals surface area contributed by atoms with Crippen molar-refractivity contribution in [2.24, 2.45) is 5.10 Å². The molecule has 0 aliphatic carbocycles. The van der Waals surface area contributed by atoms with Crippen LogP contribution in [0.15, 0.2) is 45.9 Å². The van der Waals surface area contributed by atoms with Gasteiger partial charge in [-0.15, -0.1) is 0 Å². The summed E-state index contributed by atoms with van der Waals surface area (Å²) in [5, 5.41) is 9.21. The van der Waals surface area contributed by atoms with Gasteiger partial charge in [-0.25, -0.2) is 17.8 Å². The lowest BCUT2D eigenvalue weighted by Crippen LogP contribution is -2.32. The lowest BCUT2D eigenvalue weighted by Gasteiger charge is -2.16. The van der Waals surface area contributed by atoms with Crippen LogP contribution in [0.4, 0.5) is 4.39 Å². The molecule has 130 valence electrons. The molecule has 0 bridgehead atoms. The smallest absolute Gasteiger partial charge is 0.190 e. The Kier molecular flexibility index (Phi) is 3.84. The van der Waals surface area contributed by atoms with Gasteiger partial charge in [0.15, 0.2) is 14.9 Å². The van der Waals surface area contributed by atoms with E-state index in [-0.39, 0.29) is 29.4 Å². The summed E-state index contributed by atoms with van der Waals surface area (Å²) in [5.41, 5.74) is 0.751. The van der Waals surface area contributed by atoms with Gasteiger partial charge in [-0.3, -0.25) is 0 Å². The van der Waals surface area contributed by atoms with Crippen molar-refractivity contribution in [3.63, 3.8) is 0 Å². The average molecular weight is 379 g/mol. The third-order valence-electron chi connectivity index (χ3n) is 4.22. The standard InChI is InChI=1S/C16H14FN3O3S2/c17-11-3-1-10(2-4-11)15-6-5-12(23-15)7-18-20-14-9-25(21,22)8-13(14)19-16(20)24/h1-7,13-14H,8-9H2,(H,19,24)/b18-7-/t13-,14-/m1/s1. The van der Waals surface area contributed by atoms with Gasteiger partial charge in [0.25, 0.3) is 0 Å². The van der Waals surface area contributed by atoms with E-state index in [1.165, 1.54) is 23.4 Å². The Hall–Kier alpha value is -2.26. The Morgan fingerprint density at radius 1 is 1.24 bits per heavy atom. The van der Waals surface area contributed by atoms with E-state index in [0.717, 1.165) is 5.56 Å². The summed E-state index contributed by atoms with van der Waals surface area (Å²) in [5.74, 6) is 0.866. The van der Waals surface area contributed by atoms with Crippen molar-refractivity contribution in [3.05, 3.63) is 48.0 Å². The second-order valence-electron chi connectivity index (χ2n) is 6.00. The number of hydrogen-bond acceptors (Lipinski definition) is 5. The maximum atomic E-state index is 13.0. The number of rotatable bonds is 3. The molecule has 6 nitrogen and oxygen atoms in total. The zero-order chi connectivity index (χ0) is 17.6. The van der Waals surface area contributed by atoms with Crippen molar-refractivity contribution in [1.82, 2.24) is 10.3 Å². The lowest BCUT2D eigenvalue weighted by atomic mass is 10.2. The highest BCUT2D eigenvalue weighted by atomic mass is 32.2. The number of benzene rings is 1. The molecule has 2 saturated heterocycles. The van der Waals surface area contributed by atoms with Crippen LogP contribution < -0.4 is 5.32 Å². The number of hydrogen-bond donors (Lipinski definition) is 1. The zero-order valence-corrected chi connectivity index (χ0v) is 14.6. The normalized spacial score (nSPS) is 24.7. The summed E-state index contributed by atoms with van der Waals surface area (Å²) in [7, 11) is -3.07. The number of nitrogens with one attached hydrogen (secondary N) is 1. The number of hydrazone groups is 1. The van der Waals surface area contributed by atoms with Crippen molar-refractivity contribution >= 4 is 33.4 Å². The van der Waals surface area contributed by atoms with Gasteiger partial charge in [0.05, 0.1) is 29.8 Å². The van der Waals surface area contributed by atoms with Crippen LogP contribution in [0, 0.1) is 5.82 Å². The monoisotopic (exact) mass is 379 g/mol. The number of halogens is 1. The molecule has 1 N–H and O–H groups in total. The summed E-state index contributed by atoms with van der Waals surface area (Å²) < 4.78 is 42.2. The second kappa shape index (κ2) is 5.92. The Morgan fingerprint density at radius 2 is 2.00 bits per heavy atom. The minimum absolute atomic E-state index is 0.0289. The van der Waals surface area contributed by atoms with Gasteiger partial charge in [-0.05, 0) is 48.6 Å². The Labute approximate surface area is 149 Å². The quantitative estimate of drug-likeness (QED) is 0.647. The minimum Gasteiger partial charge on any atom is -0.455 e. The van der Waals surface area contributed by atoms with E-state index in [1.54, 1.807) is 24.3 Å². The van der Waals surface area contributed by atoms with Gasteiger partial charge in [-0.1, -0.05) is 0 Å². The lowest BCUT2D eigenvalue weighted by molar-refractivity contribution is 0.373. The molecule has 0 spiro atoms. The first-order valence-electron chi connectivity index (χ1n) is 7.61. The van der Waals surface area contributed by atoms with Crippen LogP contribution in [0.1, 0.15) is 5.76 Å². The third-order valence-corrected chi connectivity index (χ3v) is 6.24. The molecule has 25 heavy (non-hydrogen) atoms. The number of fused-ring (bicyclic) bond motifs is 1. The van der Waals surface area contributed by atoms with Crippen LogP contribution in [0.3, 0.4) is 0 Å². The molecule has 0 amide bonds. The maximum absolute atomic E-state index is 13.0. The topological polar surface area (TPSA) is 74.9 Å². The summed E-state index contributed by atoms with van der Waals surface area (Å²) in [6.45, 7) is 0. The highest BCUT2D eigenvalue weighted by molar-refractivity contribution is 7.91. The molecule has 9 heteroatoms. The van der Waals surface area contributed by atoms with E-state index in [0.29, 0.717) is 16.6 Å². The molecule has 3 heterocycles. The van der Waals surface area contributed by atoms with Crippen LogP contribution in [0.5, 0.6) is 0 Å². The largest absolute Gasteiger partial charge is 0.455 e. The van der Waals surface area contributed by atoms with E-state index in [2.05, 4.69) is 10.4 Å². The predicted octanol–water partition coefficient (Wildman–Crippen LogP) is 1.78. The Balaban J connectivity index is 1.52. The van der Waals surface area contributed by atoms with Crippen LogP contribution in [0.25, 0.3) is 11.3 Å².